The van der Waals surface area contributed by atoms with Gasteiger partial charge in [0.25, 0.3) is 0 Å². The third-order valence-corrected chi connectivity index (χ3v) is 7.61. The average molecular weight is 701 g/mol. The van der Waals surface area contributed by atoms with Gasteiger partial charge in [0.1, 0.15) is 12.4 Å². The monoisotopic (exact) mass is 701 g/mol. The van der Waals surface area contributed by atoms with Crippen LogP contribution in [0.1, 0.15) is 90.4 Å². The molecule has 0 atom stereocenters. The Morgan fingerprint density at radius 3 is 0.878 bits per heavy atom. The summed E-state index contributed by atoms with van der Waals surface area (Å²) in [4.78, 5) is 0. The molecule has 0 aromatic heterocycles. The third-order valence-electron chi connectivity index (χ3n) is 7.61. The van der Waals surface area contributed by atoms with Crippen LogP contribution in [0.3, 0.4) is 0 Å². The van der Waals surface area contributed by atoms with Gasteiger partial charge < -0.3 is 47.4 Å². The molecule has 0 amide bonds. The van der Waals surface area contributed by atoms with Gasteiger partial charge in [-0.05, 0) is 18.6 Å². The highest BCUT2D eigenvalue weighted by Gasteiger charge is 1.98. The lowest BCUT2D eigenvalue weighted by atomic mass is 10.0. The Morgan fingerprint density at radius 1 is 0.286 bits per heavy atom. The lowest BCUT2D eigenvalue weighted by molar-refractivity contribution is -0.0254. The van der Waals surface area contributed by atoms with E-state index in [4.69, 9.17) is 47.4 Å². The molecule has 0 saturated heterocycles. The molecule has 0 bridgehead atoms. The lowest BCUT2D eigenvalue weighted by Crippen LogP contribution is -2.15. The summed E-state index contributed by atoms with van der Waals surface area (Å²) in [7, 11) is 0. The van der Waals surface area contributed by atoms with Crippen molar-refractivity contribution in [2.45, 2.75) is 90.4 Å². The van der Waals surface area contributed by atoms with E-state index in [1.807, 2.05) is 30.3 Å². The van der Waals surface area contributed by atoms with Crippen LogP contribution in [0.4, 0.5) is 0 Å². The molecular formula is C39H72O10. The molecule has 10 nitrogen and oxygen atoms in total. The van der Waals surface area contributed by atoms with Crippen LogP contribution in [0.2, 0.25) is 0 Å². The van der Waals surface area contributed by atoms with Gasteiger partial charge in [0.05, 0.1) is 112 Å². The number of hydrogen-bond donors (Lipinski definition) is 0. The highest BCUT2D eigenvalue weighted by atomic mass is 16.6. The summed E-state index contributed by atoms with van der Waals surface area (Å²) in [6.45, 7) is 13.0. The van der Waals surface area contributed by atoms with Crippen molar-refractivity contribution < 1.29 is 47.4 Å². The minimum atomic E-state index is 0.523. The maximum Gasteiger partial charge on any atom is 0.119 e. The predicted molar refractivity (Wildman–Crippen MR) is 195 cm³/mol. The molecule has 1 aromatic carbocycles. The van der Waals surface area contributed by atoms with Gasteiger partial charge in [0.15, 0.2) is 0 Å². The number of ether oxygens (including phenoxy) is 10. The van der Waals surface area contributed by atoms with Gasteiger partial charge >= 0.3 is 0 Å². The molecule has 0 radical (unpaired) electrons. The van der Waals surface area contributed by atoms with E-state index >= 15 is 0 Å². The second-order valence-corrected chi connectivity index (χ2v) is 11.9. The zero-order valence-electron chi connectivity index (χ0n) is 31.1. The zero-order valence-corrected chi connectivity index (χ0v) is 31.1. The molecule has 0 aliphatic heterocycles. The fraction of sp³-hybridized carbons (Fsp3) is 0.846. The minimum Gasteiger partial charge on any atom is -0.491 e. The van der Waals surface area contributed by atoms with E-state index in [9.17, 15) is 0 Å². The van der Waals surface area contributed by atoms with Gasteiger partial charge in [-0.1, -0.05) is 102 Å². The van der Waals surface area contributed by atoms with Crippen LogP contribution in [0.15, 0.2) is 30.3 Å². The van der Waals surface area contributed by atoms with Crippen LogP contribution >= 0.6 is 0 Å². The SMILES string of the molecule is CCCCCCCCCCCCCCCOCCOCCOCCOCCOCCOCCOCCOCCOCCOc1ccccc1. The number of para-hydroxylation sites is 1. The summed E-state index contributed by atoms with van der Waals surface area (Å²) in [6, 6.07) is 9.70. The quantitative estimate of drug-likeness (QED) is 0.0647. The molecule has 1 aromatic rings. The normalized spacial score (nSPS) is 11.4. The molecular weight excluding hydrogens is 628 g/mol. The second kappa shape index (κ2) is 41.1. The van der Waals surface area contributed by atoms with E-state index in [0.29, 0.717) is 119 Å². The van der Waals surface area contributed by atoms with Crippen molar-refractivity contribution in [3.05, 3.63) is 30.3 Å². The van der Waals surface area contributed by atoms with E-state index < -0.39 is 0 Å². The number of rotatable bonds is 42. The first-order valence-electron chi connectivity index (χ1n) is 19.3. The topological polar surface area (TPSA) is 92.3 Å². The molecule has 0 aliphatic rings. The fourth-order valence-electron chi connectivity index (χ4n) is 4.82. The molecule has 0 N–H and O–H groups in total. The van der Waals surface area contributed by atoms with Crippen LogP contribution in [0, 0.1) is 0 Å². The van der Waals surface area contributed by atoms with Gasteiger partial charge in [0, 0.05) is 6.61 Å². The Kier molecular flexibility index (Phi) is 38.3. The van der Waals surface area contributed by atoms with E-state index in [0.717, 1.165) is 18.8 Å². The Balaban J connectivity index is 1.60. The molecule has 288 valence electrons. The van der Waals surface area contributed by atoms with Gasteiger partial charge in [-0.2, -0.15) is 0 Å². The number of unbranched alkanes of at least 4 members (excludes halogenated alkanes) is 12. The van der Waals surface area contributed by atoms with Crippen molar-refractivity contribution in [1.29, 1.82) is 0 Å². The number of benzene rings is 1. The summed E-state index contributed by atoms with van der Waals surface area (Å²) in [6.07, 6.45) is 17.8. The Hall–Kier alpha value is -1.34. The lowest BCUT2D eigenvalue weighted by Gasteiger charge is -2.09. The number of hydrogen-bond acceptors (Lipinski definition) is 10. The van der Waals surface area contributed by atoms with Crippen molar-refractivity contribution in [1.82, 2.24) is 0 Å². The standard InChI is InChI=1S/C39H72O10/c1-2-3-4-5-6-7-8-9-10-11-12-13-17-20-40-21-22-41-23-24-42-25-26-43-27-28-44-29-30-45-31-32-46-33-34-47-35-36-48-37-38-49-39-18-15-14-16-19-39/h14-16,18-19H,2-13,17,20-38H2,1H3. The van der Waals surface area contributed by atoms with Gasteiger partial charge in [-0.15, -0.1) is 0 Å². The summed E-state index contributed by atoms with van der Waals surface area (Å²) in [5, 5.41) is 0. The van der Waals surface area contributed by atoms with E-state index in [1.165, 1.54) is 77.0 Å². The first-order valence-corrected chi connectivity index (χ1v) is 19.3. The van der Waals surface area contributed by atoms with Crippen LogP contribution in [-0.2, 0) is 42.6 Å². The summed E-state index contributed by atoms with van der Waals surface area (Å²) < 4.78 is 55.3. The Labute approximate surface area is 299 Å². The molecule has 0 aliphatic carbocycles. The molecule has 0 fully saturated rings. The Bertz CT molecular complexity index is 727. The highest BCUT2D eigenvalue weighted by Crippen LogP contribution is 2.12. The second-order valence-electron chi connectivity index (χ2n) is 11.9. The van der Waals surface area contributed by atoms with Crippen molar-refractivity contribution >= 4 is 0 Å². The van der Waals surface area contributed by atoms with E-state index in [2.05, 4.69) is 6.92 Å². The molecule has 0 saturated carbocycles. The van der Waals surface area contributed by atoms with Gasteiger partial charge in [-0.3, -0.25) is 0 Å². The highest BCUT2D eigenvalue weighted by molar-refractivity contribution is 5.20. The summed E-state index contributed by atoms with van der Waals surface area (Å²) >= 11 is 0. The van der Waals surface area contributed by atoms with Crippen molar-refractivity contribution in [2.24, 2.45) is 0 Å². The molecule has 0 heterocycles. The third kappa shape index (κ3) is 37.7. The van der Waals surface area contributed by atoms with Gasteiger partial charge in [-0.25, -0.2) is 0 Å². The summed E-state index contributed by atoms with van der Waals surface area (Å²) in [5.41, 5.74) is 0. The van der Waals surface area contributed by atoms with Crippen molar-refractivity contribution in [3.8, 4) is 5.75 Å². The van der Waals surface area contributed by atoms with Crippen molar-refractivity contribution in [3.63, 3.8) is 0 Å². The van der Waals surface area contributed by atoms with Gasteiger partial charge in [0.2, 0.25) is 0 Å². The first-order chi connectivity index (χ1) is 24.4. The van der Waals surface area contributed by atoms with E-state index in [1.54, 1.807) is 0 Å². The zero-order chi connectivity index (χ0) is 34.8. The smallest absolute Gasteiger partial charge is 0.119 e. The van der Waals surface area contributed by atoms with Crippen molar-refractivity contribution in [2.75, 3.05) is 126 Å². The molecule has 0 unspecified atom stereocenters. The maximum atomic E-state index is 5.68. The maximum absolute atomic E-state index is 5.68. The van der Waals surface area contributed by atoms with Crippen LogP contribution in [0.5, 0.6) is 5.75 Å². The Morgan fingerprint density at radius 2 is 0.551 bits per heavy atom. The minimum absolute atomic E-state index is 0.523. The van der Waals surface area contributed by atoms with Crippen LogP contribution in [0.25, 0.3) is 0 Å². The molecule has 10 heteroatoms. The predicted octanol–water partition coefficient (Wildman–Crippen LogP) is 7.31. The van der Waals surface area contributed by atoms with E-state index in [-0.39, 0.29) is 0 Å². The molecule has 0 spiro atoms. The fourth-order valence-corrected chi connectivity index (χ4v) is 4.82. The molecule has 49 heavy (non-hydrogen) atoms. The van der Waals surface area contributed by atoms with Crippen LogP contribution in [-0.4, -0.2) is 126 Å². The molecule has 1 rings (SSSR count). The van der Waals surface area contributed by atoms with Crippen LogP contribution < -0.4 is 4.74 Å². The average Bonchev–Trinajstić information content (AvgIpc) is 3.12. The summed E-state index contributed by atoms with van der Waals surface area (Å²) in [5.74, 6) is 0.850. The first kappa shape index (κ1) is 45.7. The largest absolute Gasteiger partial charge is 0.491 e.